The summed E-state index contributed by atoms with van der Waals surface area (Å²) in [6, 6.07) is 0.0596. The lowest BCUT2D eigenvalue weighted by atomic mass is 9.84. The van der Waals surface area contributed by atoms with Crippen molar-refractivity contribution in [3.8, 4) is 0 Å². The average molecular weight is 295 g/mol. The molecule has 2 aliphatic carbocycles. The van der Waals surface area contributed by atoms with E-state index in [1.165, 1.54) is 13.5 Å². The van der Waals surface area contributed by atoms with Crippen molar-refractivity contribution in [3.63, 3.8) is 0 Å². The fraction of sp³-hybridized carbons (Fsp3) is 0.867. The van der Waals surface area contributed by atoms with E-state index in [0.29, 0.717) is 31.5 Å². The van der Waals surface area contributed by atoms with E-state index in [1.54, 1.807) is 0 Å². The molecule has 0 spiro atoms. The molecule has 4 atom stereocenters. The summed E-state index contributed by atoms with van der Waals surface area (Å²) in [6.07, 6.45) is 3.50. The third kappa shape index (κ3) is 2.79. The van der Waals surface area contributed by atoms with Crippen LogP contribution in [0.3, 0.4) is 0 Å². The minimum atomic E-state index is -0.218. The van der Waals surface area contributed by atoms with Gasteiger partial charge in [-0.1, -0.05) is 0 Å². The lowest BCUT2D eigenvalue weighted by molar-refractivity contribution is -0.143. The number of nitrogens with zero attached hydrogens (tertiary/aromatic N) is 2. The molecule has 3 fully saturated rings. The fourth-order valence-electron chi connectivity index (χ4n) is 4.29. The lowest BCUT2D eigenvalue weighted by Crippen LogP contribution is -2.54. The average Bonchev–Trinajstić information content (AvgIpc) is 3.08. The minimum Gasteiger partial charge on any atom is -0.468 e. The van der Waals surface area contributed by atoms with Crippen LogP contribution >= 0.6 is 0 Å². The van der Waals surface area contributed by atoms with Crippen molar-refractivity contribution in [2.75, 3.05) is 39.8 Å². The molecule has 1 saturated heterocycles. The largest absolute Gasteiger partial charge is 0.468 e. The first-order valence-electron chi connectivity index (χ1n) is 7.93. The Kier molecular flexibility index (Phi) is 4.17. The summed E-state index contributed by atoms with van der Waals surface area (Å²) in [5.41, 5.74) is 6.26. The van der Waals surface area contributed by atoms with Gasteiger partial charge in [0.05, 0.1) is 19.6 Å². The van der Waals surface area contributed by atoms with E-state index in [0.717, 1.165) is 25.9 Å². The van der Waals surface area contributed by atoms with Crippen LogP contribution in [0.1, 0.15) is 19.3 Å². The fourth-order valence-corrected chi connectivity index (χ4v) is 4.29. The van der Waals surface area contributed by atoms with Crippen molar-refractivity contribution in [2.45, 2.75) is 25.3 Å². The van der Waals surface area contributed by atoms with E-state index in [2.05, 4.69) is 4.74 Å². The number of nitrogens with two attached hydrogens (primary N) is 1. The molecule has 4 unspecified atom stereocenters. The van der Waals surface area contributed by atoms with E-state index in [-0.39, 0.29) is 23.8 Å². The second-order valence-electron chi connectivity index (χ2n) is 6.61. The maximum Gasteiger partial charge on any atom is 0.319 e. The molecule has 2 N–H and O–H groups in total. The number of hydrogen-bond donors (Lipinski definition) is 1. The number of esters is 1. The number of methoxy groups -OCH3 is 1. The summed E-state index contributed by atoms with van der Waals surface area (Å²) >= 11 is 0. The number of rotatable bonds is 3. The van der Waals surface area contributed by atoms with Crippen molar-refractivity contribution in [1.29, 1.82) is 0 Å². The zero-order chi connectivity index (χ0) is 15.0. The van der Waals surface area contributed by atoms with Crippen molar-refractivity contribution < 1.29 is 14.3 Å². The summed E-state index contributed by atoms with van der Waals surface area (Å²) < 4.78 is 4.68. The smallest absolute Gasteiger partial charge is 0.319 e. The van der Waals surface area contributed by atoms with Crippen LogP contribution in [0.5, 0.6) is 0 Å². The summed E-state index contributed by atoms with van der Waals surface area (Å²) in [7, 11) is 1.40. The van der Waals surface area contributed by atoms with E-state index < -0.39 is 0 Å². The SMILES string of the molecule is COC(=O)CN1CCN(C(=O)C2C3CCC(C3)C2N)CC1. The second-order valence-corrected chi connectivity index (χ2v) is 6.61. The van der Waals surface area contributed by atoms with E-state index in [4.69, 9.17) is 5.73 Å². The van der Waals surface area contributed by atoms with Crippen LogP contribution in [0.2, 0.25) is 0 Å². The Hall–Kier alpha value is -1.14. The third-order valence-electron chi connectivity index (χ3n) is 5.53. The van der Waals surface area contributed by atoms with Crippen LogP contribution in [0, 0.1) is 17.8 Å². The number of ether oxygens (including phenoxy) is 1. The van der Waals surface area contributed by atoms with Gasteiger partial charge in [-0.05, 0) is 31.1 Å². The molecule has 118 valence electrons. The van der Waals surface area contributed by atoms with Gasteiger partial charge < -0.3 is 15.4 Å². The van der Waals surface area contributed by atoms with Crippen molar-refractivity contribution >= 4 is 11.9 Å². The van der Waals surface area contributed by atoms with E-state index >= 15 is 0 Å². The normalized spacial score (nSPS) is 36.0. The standard InChI is InChI=1S/C15H25N3O3/c1-21-12(19)9-17-4-6-18(7-5-17)15(20)13-10-2-3-11(8-10)14(13)16/h10-11,13-14H,2-9,16H2,1H3. The zero-order valence-electron chi connectivity index (χ0n) is 12.7. The molecule has 0 aromatic rings. The summed E-state index contributed by atoms with van der Waals surface area (Å²) in [4.78, 5) is 28.0. The molecular formula is C15H25N3O3. The van der Waals surface area contributed by atoms with Crippen LogP contribution in [-0.2, 0) is 14.3 Å². The van der Waals surface area contributed by atoms with Gasteiger partial charge in [0.1, 0.15) is 0 Å². The number of fused-ring (bicyclic) bond motifs is 2. The topological polar surface area (TPSA) is 75.9 Å². The first-order valence-corrected chi connectivity index (χ1v) is 7.93. The van der Waals surface area contributed by atoms with Gasteiger partial charge in [-0.15, -0.1) is 0 Å². The number of carbonyl (C=O) groups excluding carboxylic acids is 2. The zero-order valence-corrected chi connectivity index (χ0v) is 12.7. The third-order valence-corrected chi connectivity index (χ3v) is 5.53. The van der Waals surface area contributed by atoms with Crippen LogP contribution in [0.15, 0.2) is 0 Å². The van der Waals surface area contributed by atoms with Crippen LogP contribution in [0.25, 0.3) is 0 Å². The van der Waals surface area contributed by atoms with Crippen LogP contribution in [-0.4, -0.2) is 67.6 Å². The Labute approximate surface area is 125 Å². The van der Waals surface area contributed by atoms with Gasteiger partial charge in [-0.3, -0.25) is 14.5 Å². The van der Waals surface area contributed by atoms with E-state index in [9.17, 15) is 9.59 Å². The Morgan fingerprint density at radius 2 is 1.81 bits per heavy atom. The Balaban J connectivity index is 1.52. The molecule has 3 aliphatic rings. The summed E-state index contributed by atoms with van der Waals surface area (Å²) in [6.45, 7) is 3.16. The van der Waals surface area contributed by atoms with Crippen molar-refractivity contribution in [3.05, 3.63) is 0 Å². The first kappa shape index (κ1) is 14.8. The minimum absolute atomic E-state index is 0.0379. The van der Waals surface area contributed by atoms with Gasteiger partial charge in [-0.2, -0.15) is 0 Å². The highest BCUT2D eigenvalue weighted by atomic mass is 16.5. The maximum absolute atomic E-state index is 12.7. The van der Waals surface area contributed by atoms with Crippen molar-refractivity contribution in [1.82, 2.24) is 9.80 Å². The van der Waals surface area contributed by atoms with Gasteiger partial charge in [0.15, 0.2) is 0 Å². The molecule has 6 nitrogen and oxygen atoms in total. The number of hydrogen-bond acceptors (Lipinski definition) is 5. The Morgan fingerprint density at radius 3 is 2.38 bits per heavy atom. The molecule has 0 aromatic heterocycles. The molecule has 0 aromatic carbocycles. The first-order chi connectivity index (χ1) is 10.1. The molecule has 3 rings (SSSR count). The molecular weight excluding hydrogens is 270 g/mol. The lowest BCUT2D eigenvalue weighted by Gasteiger charge is -2.38. The molecule has 2 bridgehead atoms. The second kappa shape index (κ2) is 5.93. The molecule has 1 aliphatic heterocycles. The van der Waals surface area contributed by atoms with Crippen LogP contribution in [0.4, 0.5) is 0 Å². The highest BCUT2D eigenvalue weighted by molar-refractivity contribution is 5.80. The molecule has 6 heteroatoms. The molecule has 1 amide bonds. The number of amides is 1. The van der Waals surface area contributed by atoms with Crippen LogP contribution < -0.4 is 5.73 Å². The molecule has 1 heterocycles. The monoisotopic (exact) mass is 295 g/mol. The summed E-state index contributed by atoms with van der Waals surface area (Å²) in [5, 5.41) is 0. The van der Waals surface area contributed by atoms with Crippen molar-refractivity contribution in [2.24, 2.45) is 23.5 Å². The number of piperazine rings is 1. The van der Waals surface area contributed by atoms with Gasteiger partial charge in [0, 0.05) is 32.2 Å². The Morgan fingerprint density at radius 1 is 1.14 bits per heavy atom. The highest BCUT2D eigenvalue weighted by Crippen LogP contribution is 2.48. The predicted molar refractivity (Wildman–Crippen MR) is 77.3 cm³/mol. The molecule has 0 radical (unpaired) electrons. The Bertz CT molecular complexity index is 418. The molecule has 2 saturated carbocycles. The molecule has 21 heavy (non-hydrogen) atoms. The maximum atomic E-state index is 12.7. The highest BCUT2D eigenvalue weighted by Gasteiger charge is 2.50. The van der Waals surface area contributed by atoms with Gasteiger partial charge >= 0.3 is 5.97 Å². The summed E-state index contributed by atoms with van der Waals surface area (Å²) in [5.74, 6) is 1.13. The van der Waals surface area contributed by atoms with Gasteiger partial charge in [-0.25, -0.2) is 0 Å². The quantitative estimate of drug-likeness (QED) is 0.722. The van der Waals surface area contributed by atoms with Gasteiger partial charge in [0.25, 0.3) is 0 Å². The predicted octanol–water partition coefficient (Wildman–Crippen LogP) is -0.323. The van der Waals surface area contributed by atoms with E-state index in [1.807, 2.05) is 9.80 Å². The van der Waals surface area contributed by atoms with Gasteiger partial charge in [0.2, 0.25) is 5.91 Å². The number of carbonyl (C=O) groups is 2.